The second kappa shape index (κ2) is 11.7. The molecule has 4 aromatic carbocycles. The topological polar surface area (TPSA) is 133 Å². The van der Waals surface area contributed by atoms with Gasteiger partial charge in [-0.2, -0.15) is 0 Å². The quantitative estimate of drug-likeness (QED) is 0.153. The Hall–Kier alpha value is -5.22. The average molecular weight is 622 g/mol. The Morgan fingerprint density at radius 2 is 1.57 bits per heavy atom. The van der Waals surface area contributed by atoms with Crippen molar-refractivity contribution in [2.45, 2.75) is 12.8 Å². The largest absolute Gasteiger partial charge is 0.439 e. The lowest BCUT2D eigenvalue weighted by Crippen LogP contribution is -2.15. The summed E-state index contributed by atoms with van der Waals surface area (Å²) in [5.74, 6) is -1.16. The number of aromatic nitrogens is 3. The monoisotopic (exact) mass is 621 g/mol. The molecule has 2 heterocycles. The molecule has 2 amide bonds. The summed E-state index contributed by atoms with van der Waals surface area (Å²) in [4.78, 5) is 43.9. The molecule has 42 heavy (non-hydrogen) atoms. The number of benzene rings is 4. The van der Waals surface area contributed by atoms with E-state index in [0.717, 1.165) is 28.3 Å². The number of nitrogens with one attached hydrogen (secondary N) is 4. The third kappa shape index (κ3) is 5.79. The van der Waals surface area contributed by atoms with Crippen LogP contribution in [0.25, 0.3) is 22.3 Å². The van der Waals surface area contributed by atoms with Crippen molar-refractivity contribution in [1.82, 2.24) is 15.1 Å². The van der Waals surface area contributed by atoms with Crippen molar-refractivity contribution in [3.05, 3.63) is 134 Å². The molecule has 2 aromatic heterocycles. The molecule has 6 aromatic rings. The number of halogens is 1. The molecular formula is C32H24BrN5O4. The number of hydrogen-bond acceptors (Lipinski definition) is 5. The number of hydrogen-bond donors (Lipinski definition) is 4. The highest BCUT2D eigenvalue weighted by Gasteiger charge is 2.18. The van der Waals surface area contributed by atoms with E-state index in [2.05, 4.69) is 58.3 Å². The molecule has 0 aliphatic carbocycles. The number of fused-ring (bicyclic) bond motifs is 1. The van der Waals surface area contributed by atoms with Gasteiger partial charge in [0.2, 0.25) is 0 Å². The van der Waals surface area contributed by atoms with Gasteiger partial charge in [-0.1, -0.05) is 81.8 Å². The van der Waals surface area contributed by atoms with Crippen molar-refractivity contribution >= 4 is 50.0 Å². The smallest absolute Gasteiger partial charge is 0.349 e. The molecule has 9 nitrogen and oxygen atoms in total. The maximum absolute atomic E-state index is 13.4. The minimum absolute atomic E-state index is 0.183. The molecule has 4 N–H and O–H groups in total. The summed E-state index contributed by atoms with van der Waals surface area (Å²) in [6, 6.07) is 30.1. The van der Waals surface area contributed by atoms with Gasteiger partial charge < -0.3 is 15.6 Å². The van der Waals surface area contributed by atoms with Gasteiger partial charge in [-0.3, -0.25) is 19.1 Å². The summed E-state index contributed by atoms with van der Waals surface area (Å²) in [5, 5.41) is 10.4. The summed E-state index contributed by atoms with van der Waals surface area (Å²) in [6.07, 6.45) is 1.55. The van der Waals surface area contributed by atoms with E-state index in [1.165, 1.54) is 5.56 Å². The molecule has 0 radical (unpaired) electrons. The molecular weight excluding hydrogens is 598 g/mol. The number of nitrogens with zero attached hydrogens (tertiary/aromatic N) is 1. The minimum Gasteiger partial charge on any atom is -0.349 e. The van der Waals surface area contributed by atoms with Crippen molar-refractivity contribution in [3.8, 4) is 11.4 Å². The van der Waals surface area contributed by atoms with E-state index in [0.29, 0.717) is 28.0 Å². The van der Waals surface area contributed by atoms with E-state index in [1.807, 2.05) is 54.6 Å². The number of amides is 2. The Morgan fingerprint density at radius 3 is 2.38 bits per heavy atom. The first-order chi connectivity index (χ1) is 20.4. The Labute approximate surface area is 248 Å². The Balaban J connectivity index is 1.23. The fraction of sp³-hybridized carbons (Fsp3) is 0.0625. The number of carbonyl (C=O) groups is 2. The lowest BCUT2D eigenvalue weighted by molar-refractivity contribution is 0.101. The van der Waals surface area contributed by atoms with Crippen LogP contribution in [0, 0.1) is 0 Å². The van der Waals surface area contributed by atoms with Gasteiger partial charge in [-0.15, -0.1) is 0 Å². The third-order valence-corrected chi connectivity index (χ3v) is 7.36. The van der Waals surface area contributed by atoms with Crippen LogP contribution in [0.5, 0.6) is 0 Å². The molecule has 0 saturated heterocycles. The van der Waals surface area contributed by atoms with Crippen LogP contribution in [0.2, 0.25) is 0 Å². The van der Waals surface area contributed by atoms with Gasteiger partial charge in [0, 0.05) is 21.0 Å². The summed E-state index contributed by atoms with van der Waals surface area (Å²) < 4.78 is 5.36. The molecule has 0 spiro atoms. The van der Waals surface area contributed by atoms with Gasteiger partial charge in [0.05, 0.1) is 16.9 Å². The fourth-order valence-corrected chi connectivity index (χ4v) is 5.17. The molecule has 6 rings (SSSR count). The Kier molecular flexibility index (Phi) is 7.52. The van der Waals surface area contributed by atoms with Crippen LogP contribution in [0.1, 0.15) is 32.0 Å². The first-order valence-electron chi connectivity index (χ1n) is 13.2. The molecule has 0 atom stereocenters. The highest BCUT2D eigenvalue weighted by atomic mass is 79.9. The normalized spacial score (nSPS) is 11.0. The van der Waals surface area contributed by atoms with E-state index >= 15 is 0 Å². The molecule has 0 aliphatic rings. The number of para-hydroxylation sites is 1. The van der Waals surface area contributed by atoms with Crippen molar-refractivity contribution in [2.24, 2.45) is 0 Å². The third-order valence-electron chi connectivity index (χ3n) is 6.86. The summed E-state index contributed by atoms with van der Waals surface area (Å²) in [7, 11) is 0. The predicted molar refractivity (Wildman–Crippen MR) is 165 cm³/mol. The number of aromatic amines is 2. The van der Waals surface area contributed by atoms with Crippen LogP contribution in [-0.4, -0.2) is 26.9 Å². The molecule has 10 heteroatoms. The standard InChI is InChI=1S/C32H24BrN5O4/c33-22-15-16-25(24(18-22)29-37-32(41)42-38-29)35-31(40)27-17-21-10-6-12-26(28(21)34-27)36-30(39)23-11-5-4-9-20(23)14-13-19-7-2-1-3-8-19/h1-12,15-18,34H,13-14H2,(H,35,40)(H,36,39)(H,37,38,41). The predicted octanol–water partition coefficient (Wildman–Crippen LogP) is 6.56. The van der Waals surface area contributed by atoms with Crippen LogP contribution >= 0.6 is 15.9 Å². The van der Waals surface area contributed by atoms with Crippen molar-refractivity contribution in [2.75, 3.05) is 10.6 Å². The Bertz CT molecular complexity index is 1980. The zero-order chi connectivity index (χ0) is 29.1. The van der Waals surface area contributed by atoms with E-state index < -0.39 is 11.7 Å². The lowest BCUT2D eigenvalue weighted by Gasteiger charge is -2.11. The molecule has 0 fully saturated rings. The van der Waals surface area contributed by atoms with Crippen LogP contribution < -0.4 is 16.4 Å². The summed E-state index contributed by atoms with van der Waals surface area (Å²) in [6.45, 7) is 0. The lowest BCUT2D eigenvalue weighted by atomic mass is 9.99. The highest BCUT2D eigenvalue weighted by molar-refractivity contribution is 9.10. The van der Waals surface area contributed by atoms with Gasteiger partial charge in [0.15, 0.2) is 5.82 Å². The Morgan fingerprint density at radius 1 is 0.786 bits per heavy atom. The van der Waals surface area contributed by atoms with Crippen molar-refractivity contribution in [3.63, 3.8) is 0 Å². The van der Waals surface area contributed by atoms with Crippen LogP contribution in [-0.2, 0) is 12.8 Å². The average Bonchev–Trinajstić information content (AvgIpc) is 3.65. The number of rotatable bonds is 8. The zero-order valence-electron chi connectivity index (χ0n) is 22.1. The maximum atomic E-state index is 13.4. The molecule has 0 aliphatic heterocycles. The first-order valence-corrected chi connectivity index (χ1v) is 14.0. The van der Waals surface area contributed by atoms with Gasteiger partial charge in [0.25, 0.3) is 11.8 Å². The number of anilines is 2. The fourth-order valence-electron chi connectivity index (χ4n) is 4.81. The van der Waals surface area contributed by atoms with E-state index in [-0.39, 0.29) is 17.4 Å². The van der Waals surface area contributed by atoms with E-state index in [4.69, 9.17) is 0 Å². The molecule has 208 valence electrons. The van der Waals surface area contributed by atoms with E-state index in [9.17, 15) is 14.4 Å². The van der Waals surface area contributed by atoms with Crippen molar-refractivity contribution < 1.29 is 14.1 Å². The number of H-pyrrole nitrogens is 2. The van der Waals surface area contributed by atoms with Crippen LogP contribution in [0.15, 0.2) is 111 Å². The van der Waals surface area contributed by atoms with Crippen LogP contribution in [0.3, 0.4) is 0 Å². The SMILES string of the molecule is O=C(Nc1ccc(Br)cc1-c1noc(=O)[nH]1)c1cc2cccc(NC(=O)c3ccccc3CCc3ccccc3)c2[nH]1. The van der Waals surface area contributed by atoms with Gasteiger partial charge >= 0.3 is 5.76 Å². The minimum atomic E-state index is -0.703. The maximum Gasteiger partial charge on any atom is 0.439 e. The number of carbonyl (C=O) groups excluding carboxylic acids is 2. The number of aryl methyl sites for hydroxylation is 2. The second-order valence-electron chi connectivity index (χ2n) is 9.64. The van der Waals surface area contributed by atoms with Crippen molar-refractivity contribution in [1.29, 1.82) is 0 Å². The summed E-state index contributed by atoms with van der Waals surface area (Å²) >= 11 is 3.40. The molecule has 0 unspecified atom stereocenters. The highest BCUT2D eigenvalue weighted by Crippen LogP contribution is 2.30. The van der Waals surface area contributed by atoms with Gasteiger partial charge in [-0.05, 0) is 60.4 Å². The van der Waals surface area contributed by atoms with Gasteiger partial charge in [0.1, 0.15) is 5.69 Å². The van der Waals surface area contributed by atoms with Crippen LogP contribution in [0.4, 0.5) is 11.4 Å². The molecule has 0 saturated carbocycles. The summed E-state index contributed by atoms with van der Waals surface area (Å²) in [5.41, 5.74) is 5.12. The molecule has 0 bridgehead atoms. The first kappa shape index (κ1) is 27.0. The zero-order valence-corrected chi connectivity index (χ0v) is 23.7. The van der Waals surface area contributed by atoms with E-state index in [1.54, 1.807) is 30.3 Å². The van der Waals surface area contributed by atoms with Gasteiger partial charge in [-0.25, -0.2) is 4.79 Å². The second-order valence-corrected chi connectivity index (χ2v) is 10.6.